The van der Waals surface area contributed by atoms with Crippen molar-refractivity contribution in [1.82, 2.24) is 4.57 Å². The Kier molecular flexibility index (Phi) is 3.39. The molecule has 3 aromatic rings. The molecule has 0 amide bonds. The number of nitrogens with zero attached hydrogens (tertiary/aromatic N) is 1. The summed E-state index contributed by atoms with van der Waals surface area (Å²) in [5, 5.41) is 1.25. The molecule has 0 aliphatic rings. The highest BCUT2D eigenvalue weighted by atomic mass is 35.5. The lowest BCUT2D eigenvalue weighted by atomic mass is 10.1. The lowest BCUT2D eigenvalue weighted by molar-refractivity contribution is 0.873. The Balaban J connectivity index is 2.22. The highest BCUT2D eigenvalue weighted by molar-refractivity contribution is 6.25. The third-order valence-electron chi connectivity index (χ3n) is 3.26. The Morgan fingerprint density at radius 2 is 1.68 bits per heavy atom. The molecule has 3 rings (SSSR count). The number of aromatic nitrogens is 1. The number of rotatable bonds is 3. The molecular weight excluding hydrogens is 254 g/mol. The van der Waals surface area contributed by atoms with Crippen LogP contribution in [0, 0.1) is 0 Å². The van der Waals surface area contributed by atoms with Gasteiger partial charge < -0.3 is 4.57 Å². The molecule has 2 aromatic carbocycles. The SMILES string of the molecule is Cl/C=C/Cn1c(-c2ccccc2)cc2ccccc21. The number of para-hydroxylation sites is 1. The molecule has 0 aliphatic heterocycles. The molecule has 0 radical (unpaired) electrons. The van der Waals surface area contributed by atoms with Crippen molar-refractivity contribution in [3.05, 3.63) is 72.3 Å². The van der Waals surface area contributed by atoms with Gasteiger partial charge in [-0.05, 0) is 17.7 Å². The van der Waals surface area contributed by atoms with Gasteiger partial charge in [0.05, 0.1) is 0 Å². The molecule has 0 bridgehead atoms. The van der Waals surface area contributed by atoms with Gasteiger partial charge in [0.15, 0.2) is 0 Å². The molecule has 2 heteroatoms. The molecule has 1 heterocycles. The second-order valence-electron chi connectivity index (χ2n) is 4.43. The van der Waals surface area contributed by atoms with Crippen molar-refractivity contribution < 1.29 is 0 Å². The molecule has 0 aliphatic carbocycles. The van der Waals surface area contributed by atoms with Crippen LogP contribution in [0.1, 0.15) is 0 Å². The standard InChI is InChI=1S/C17H14ClN/c18-11-6-12-19-16-10-5-4-9-15(16)13-17(19)14-7-2-1-3-8-14/h1-11,13H,12H2/b11-6+. The Bertz CT molecular complexity index is 710. The van der Waals surface area contributed by atoms with Crippen LogP contribution in [0.5, 0.6) is 0 Å². The molecule has 0 fully saturated rings. The van der Waals surface area contributed by atoms with E-state index in [1.807, 2.05) is 12.1 Å². The molecule has 0 spiro atoms. The van der Waals surface area contributed by atoms with Crippen molar-refractivity contribution in [3.63, 3.8) is 0 Å². The fourth-order valence-electron chi connectivity index (χ4n) is 2.40. The largest absolute Gasteiger partial charge is 0.337 e. The molecule has 94 valence electrons. The van der Waals surface area contributed by atoms with Crippen LogP contribution in [0.2, 0.25) is 0 Å². The molecule has 0 saturated heterocycles. The van der Waals surface area contributed by atoms with Gasteiger partial charge >= 0.3 is 0 Å². The van der Waals surface area contributed by atoms with E-state index in [-0.39, 0.29) is 0 Å². The van der Waals surface area contributed by atoms with E-state index >= 15 is 0 Å². The van der Waals surface area contributed by atoms with E-state index < -0.39 is 0 Å². The summed E-state index contributed by atoms with van der Waals surface area (Å²) < 4.78 is 2.28. The van der Waals surface area contributed by atoms with E-state index in [1.54, 1.807) is 5.54 Å². The summed E-state index contributed by atoms with van der Waals surface area (Å²) in [7, 11) is 0. The van der Waals surface area contributed by atoms with Gasteiger partial charge in [0, 0.05) is 28.7 Å². The molecular formula is C17H14ClN. The number of hydrogen-bond acceptors (Lipinski definition) is 0. The highest BCUT2D eigenvalue weighted by Crippen LogP contribution is 2.28. The van der Waals surface area contributed by atoms with Gasteiger partial charge in [0.25, 0.3) is 0 Å². The molecule has 0 saturated carbocycles. The number of hydrogen-bond donors (Lipinski definition) is 0. The zero-order valence-corrected chi connectivity index (χ0v) is 11.2. The van der Waals surface area contributed by atoms with Gasteiger partial charge in [0.2, 0.25) is 0 Å². The summed E-state index contributed by atoms with van der Waals surface area (Å²) in [6, 6.07) is 21.1. The van der Waals surface area contributed by atoms with Crippen molar-refractivity contribution >= 4 is 22.5 Å². The maximum atomic E-state index is 5.67. The summed E-state index contributed by atoms with van der Waals surface area (Å²) in [6.07, 6.45) is 1.96. The summed E-state index contributed by atoms with van der Waals surface area (Å²) in [6.45, 7) is 0.779. The average Bonchev–Trinajstić information content (AvgIpc) is 2.85. The van der Waals surface area contributed by atoms with Gasteiger partial charge in [-0.2, -0.15) is 0 Å². The predicted octanol–water partition coefficient (Wildman–Crippen LogP) is 5.06. The van der Waals surface area contributed by atoms with Crippen LogP contribution in [-0.4, -0.2) is 4.57 Å². The van der Waals surface area contributed by atoms with E-state index in [9.17, 15) is 0 Å². The van der Waals surface area contributed by atoms with Crippen LogP contribution in [0.25, 0.3) is 22.2 Å². The fourth-order valence-corrected chi connectivity index (χ4v) is 2.48. The molecule has 1 aromatic heterocycles. The van der Waals surface area contributed by atoms with Gasteiger partial charge in [-0.1, -0.05) is 66.2 Å². The third kappa shape index (κ3) is 2.29. The Morgan fingerprint density at radius 1 is 0.947 bits per heavy atom. The first-order chi connectivity index (χ1) is 9.40. The molecule has 0 atom stereocenters. The maximum absolute atomic E-state index is 5.67. The van der Waals surface area contributed by atoms with Crippen LogP contribution in [0.3, 0.4) is 0 Å². The normalized spacial score (nSPS) is 11.4. The highest BCUT2D eigenvalue weighted by Gasteiger charge is 2.08. The Hall–Kier alpha value is -1.99. The van der Waals surface area contributed by atoms with Gasteiger partial charge in [0.1, 0.15) is 0 Å². The van der Waals surface area contributed by atoms with E-state index in [4.69, 9.17) is 11.6 Å². The lowest BCUT2D eigenvalue weighted by Gasteiger charge is -2.08. The van der Waals surface area contributed by atoms with Crippen molar-refractivity contribution in [3.8, 4) is 11.3 Å². The first-order valence-electron chi connectivity index (χ1n) is 6.29. The average molecular weight is 268 g/mol. The van der Waals surface area contributed by atoms with Crippen LogP contribution in [-0.2, 0) is 6.54 Å². The Morgan fingerprint density at radius 3 is 2.47 bits per heavy atom. The Labute approximate surface area is 117 Å². The molecule has 19 heavy (non-hydrogen) atoms. The zero-order chi connectivity index (χ0) is 13.1. The number of allylic oxidation sites excluding steroid dienone is 1. The second kappa shape index (κ2) is 5.33. The summed E-state index contributed by atoms with van der Waals surface area (Å²) in [5.41, 5.74) is 5.25. The number of benzene rings is 2. The quantitative estimate of drug-likeness (QED) is 0.625. The summed E-state index contributed by atoms with van der Waals surface area (Å²) >= 11 is 5.67. The maximum Gasteiger partial charge on any atom is 0.0494 e. The van der Waals surface area contributed by atoms with Crippen LogP contribution >= 0.6 is 11.6 Å². The van der Waals surface area contributed by atoms with Crippen LogP contribution < -0.4 is 0 Å². The van der Waals surface area contributed by atoms with Crippen molar-refractivity contribution in [2.45, 2.75) is 6.54 Å². The van der Waals surface area contributed by atoms with Crippen molar-refractivity contribution in [1.29, 1.82) is 0 Å². The minimum Gasteiger partial charge on any atom is -0.337 e. The lowest BCUT2D eigenvalue weighted by Crippen LogP contribution is -1.97. The first kappa shape index (κ1) is 12.1. The number of halogens is 1. The van der Waals surface area contributed by atoms with Crippen molar-refractivity contribution in [2.24, 2.45) is 0 Å². The second-order valence-corrected chi connectivity index (χ2v) is 4.68. The molecule has 1 nitrogen and oxygen atoms in total. The van der Waals surface area contributed by atoms with E-state index in [0.717, 1.165) is 6.54 Å². The monoisotopic (exact) mass is 267 g/mol. The van der Waals surface area contributed by atoms with E-state index in [2.05, 4.69) is 59.2 Å². The van der Waals surface area contributed by atoms with Crippen LogP contribution in [0.15, 0.2) is 72.3 Å². The topological polar surface area (TPSA) is 4.93 Å². The molecule has 0 N–H and O–H groups in total. The third-order valence-corrected chi connectivity index (χ3v) is 3.44. The van der Waals surface area contributed by atoms with Crippen LogP contribution in [0.4, 0.5) is 0 Å². The fraction of sp³-hybridized carbons (Fsp3) is 0.0588. The predicted molar refractivity (Wildman–Crippen MR) is 82.4 cm³/mol. The number of fused-ring (bicyclic) bond motifs is 1. The minimum atomic E-state index is 0.779. The van der Waals surface area contributed by atoms with E-state index in [1.165, 1.54) is 22.2 Å². The zero-order valence-electron chi connectivity index (χ0n) is 10.5. The summed E-state index contributed by atoms with van der Waals surface area (Å²) in [5.74, 6) is 0. The minimum absolute atomic E-state index is 0.779. The molecule has 0 unspecified atom stereocenters. The first-order valence-corrected chi connectivity index (χ1v) is 6.73. The van der Waals surface area contributed by atoms with Gasteiger partial charge in [-0.15, -0.1) is 0 Å². The smallest absolute Gasteiger partial charge is 0.0494 e. The van der Waals surface area contributed by atoms with E-state index in [0.29, 0.717) is 0 Å². The van der Waals surface area contributed by atoms with Gasteiger partial charge in [-0.3, -0.25) is 0 Å². The van der Waals surface area contributed by atoms with Gasteiger partial charge in [-0.25, -0.2) is 0 Å². The summed E-state index contributed by atoms with van der Waals surface area (Å²) in [4.78, 5) is 0. The van der Waals surface area contributed by atoms with Crippen molar-refractivity contribution in [2.75, 3.05) is 0 Å².